The maximum Gasteiger partial charge on any atom is 0.140 e. The maximum atomic E-state index is 6.14. The molecular weight excluding hydrogens is 364 g/mol. The molecule has 0 N–H and O–H groups in total. The SMILES string of the molecule is COc1ccccc1Cn1ccnc1-c1cc(Cl)cc(Br)c1. The first-order valence-corrected chi connectivity index (χ1v) is 7.94. The number of hydrogen-bond donors (Lipinski definition) is 0. The first kappa shape index (κ1) is 15.1. The maximum absolute atomic E-state index is 6.14. The van der Waals surface area contributed by atoms with E-state index in [1.54, 1.807) is 13.3 Å². The molecule has 0 bridgehead atoms. The lowest BCUT2D eigenvalue weighted by Gasteiger charge is -2.12. The second-order valence-corrected chi connectivity index (χ2v) is 6.20. The third-order valence-corrected chi connectivity index (χ3v) is 4.05. The molecule has 0 aliphatic rings. The van der Waals surface area contributed by atoms with Crippen LogP contribution in [0.4, 0.5) is 0 Å². The monoisotopic (exact) mass is 376 g/mol. The summed E-state index contributed by atoms with van der Waals surface area (Å²) in [6.07, 6.45) is 3.75. The molecule has 22 heavy (non-hydrogen) atoms. The zero-order valence-corrected chi connectivity index (χ0v) is 14.3. The van der Waals surface area contributed by atoms with E-state index in [2.05, 4.69) is 31.5 Å². The number of methoxy groups -OCH3 is 1. The molecule has 0 aliphatic heterocycles. The molecule has 0 saturated carbocycles. The van der Waals surface area contributed by atoms with E-state index in [4.69, 9.17) is 16.3 Å². The quantitative estimate of drug-likeness (QED) is 0.638. The molecule has 0 fully saturated rings. The van der Waals surface area contributed by atoms with Crippen LogP contribution in [0.5, 0.6) is 5.75 Å². The number of benzene rings is 2. The minimum absolute atomic E-state index is 0.677. The van der Waals surface area contributed by atoms with E-state index in [1.165, 1.54) is 0 Å². The van der Waals surface area contributed by atoms with Gasteiger partial charge in [-0.2, -0.15) is 0 Å². The Morgan fingerprint density at radius 3 is 2.82 bits per heavy atom. The van der Waals surface area contributed by atoms with Crippen molar-refractivity contribution in [2.45, 2.75) is 6.54 Å². The zero-order valence-electron chi connectivity index (χ0n) is 12.0. The van der Waals surface area contributed by atoms with E-state index in [0.29, 0.717) is 11.6 Å². The van der Waals surface area contributed by atoms with Gasteiger partial charge in [0, 0.05) is 33.0 Å². The number of ether oxygens (including phenoxy) is 1. The van der Waals surface area contributed by atoms with Crippen LogP contribution in [-0.4, -0.2) is 16.7 Å². The molecule has 3 aromatic rings. The Kier molecular flexibility index (Phi) is 4.50. The summed E-state index contributed by atoms with van der Waals surface area (Å²) in [5.74, 6) is 1.74. The minimum Gasteiger partial charge on any atom is -0.496 e. The lowest BCUT2D eigenvalue weighted by Crippen LogP contribution is -2.03. The topological polar surface area (TPSA) is 27.1 Å². The fraction of sp³-hybridized carbons (Fsp3) is 0.118. The summed E-state index contributed by atoms with van der Waals surface area (Å²) >= 11 is 9.61. The van der Waals surface area contributed by atoms with Crippen molar-refractivity contribution in [1.82, 2.24) is 9.55 Å². The van der Waals surface area contributed by atoms with Crippen molar-refractivity contribution < 1.29 is 4.74 Å². The van der Waals surface area contributed by atoms with Gasteiger partial charge in [0.2, 0.25) is 0 Å². The van der Waals surface area contributed by atoms with Crippen molar-refractivity contribution in [3.63, 3.8) is 0 Å². The fourth-order valence-electron chi connectivity index (χ4n) is 2.40. The lowest BCUT2D eigenvalue weighted by atomic mass is 10.2. The predicted molar refractivity (Wildman–Crippen MR) is 92.5 cm³/mol. The number of para-hydroxylation sites is 1. The normalized spacial score (nSPS) is 10.7. The van der Waals surface area contributed by atoms with Crippen molar-refractivity contribution in [1.29, 1.82) is 0 Å². The summed E-state index contributed by atoms with van der Waals surface area (Å²) in [7, 11) is 1.68. The molecule has 3 nitrogen and oxygen atoms in total. The van der Waals surface area contributed by atoms with Crippen LogP contribution in [0.1, 0.15) is 5.56 Å². The van der Waals surface area contributed by atoms with E-state index in [0.717, 1.165) is 27.2 Å². The highest BCUT2D eigenvalue weighted by Crippen LogP contribution is 2.28. The molecule has 0 spiro atoms. The Labute approximate surface area is 142 Å². The molecule has 3 rings (SSSR count). The Morgan fingerprint density at radius 2 is 2.05 bits per heavy atom. The van der Waals surface area contributed by atoms with Crippen molar-refractivity contribution in [3.8, 4) is 17.1 Å². The van der Waals surface area contributed by atoms with Crippen LogP contribution in [0.2, 0.25) is 5.02 Å². The summed E-state index contributed by atoms with van der Waals surface area (Å²) in [6.45, 7) is 0.684. The van der Waals surface area contributed by atoms with Gasteiger partial charge in [-0.3, -0.25) is 0 Å². The molecule has 0 saturated heterocycles. The van der Waals surface area contributed by atoms with Crippen molar-refractivity contribution in [2.75, 3.05) is 7.11 Å². The molecule has 0 atom stereocenters. The summed E-state index contributed by atoms with van der Waals surface area (Å²) in [5.41, 5.74) is 2.07. The number of aromatic nitrogens is 2. The minimum atomic E-state index is 0.677. The fourth-order valence-corrected chi connectivity index (χ4v) is 3.26. The number of imidazole rings is 1. The molecule has 5 heteroatoms. The average molecular weight is 378 g/mol. The average Bonchev–Trinajstić information content (AvgIpc) is 2.95. The van der Waals surface area contributed by atoms with Crippen molar-refractivity contribution in [2.24, 2.45) is 0 Å². The molecule has 1 aromatic heterocycles. The van der Waals surface area contributed by atoms with Gasteiger partial charge < -0.3 is 9.30 Å². The van der Waals surface area contributed by atoms with Crippen LogP contribution in [0.25, 0.3) is 11.4 Å². The van der Waals surface area contributed by atoms with Crippen molar-refractivity contribution >= 4 is 27.5 Å². The lowest BCUT2D eigenvalue weighted by molar-refractivity contribution is 0.408. The molecule has 0 unspecified atom stereocenters. The number of nitrogens with zero attached hydrogens (tertiary/aromatic N) is 2. The van der Waals surface area contributed by atoms with Crippen LogP contribution in [0.15, 0.2) is 59.3 Å². The van der Waals surface area contributed by atoms with E-state index in [9.17, 15) is 0 Å². The second-order valence-electron chi connectivity index (χ2n) is 4.85. The molecule has 0 amide bonds. The molecule has 2 aromatic carbocycles. The predicted octanol–water partition coefficient (Wildman–Crippen LogP) is 5.02. The standard InChI is InChI=1S/C17H14BrClN2O/c1-22-16-5-3-2-4-12(16)11-21-7-6-20-17(21)13-8-14(18)10-15(19)9-13/h2-10H,11H2,1H3. The van der Waals surface area contributed by atoms with E-state index in [-0.39, 0.29) is 0 Å². The van der Waals surface area contributed by atoms with Crippen LogP contribution < -0.4 is 4.74 Å². The Morgan fingerprint density at radius 1 is 1.23 bits per heavy atom. The number of hydrogen-bond acceptors (Lipinski definition) is 2. The molecule has 0 radical (unpaired) electrons. The van der Waals surface area contributed by atoms with E-state index in [1.807, 2.05) is 42.6 Å². The van der Waals surface area contributed by atoms with Gasteiger partial charge in [0.05, 0.1) is 13.7 Å². The summed E-state index contributed by atoms with van der Waals surface area (Å²) in [4.78, 5) is 4.46. The Hall–Kier alpha value is -1.78. The largest absolute Gasteiger partial charge is 0.496 e. The Bertz CT molecular complexity index is 781. The smallest absolute Gasteiger partial charge is 0.140 e. The molecule has 0 aliphatic carbocycles. The van der Waals surface area contributed by atoms with Crippen molar-refractivity contribution in [3.05, 3.63) is 69.9 Å². The van der Waals surface area contributed by atoms with Gasteiger partial charge in [-0.25, -0.2) is 4.98 Å². The summed E-state index contributed by atoms with van der Waals surface area (Å²) in [5, 5.41) is 0.677. The van der Waals surface area contributed by atoms with Crippen LogP contribution >= 0.6 is 27.5 Å². The van der Waals surface area contributed by atoms with Crippen LogP contribution in [-0.2, 0) is 6.54 Å². The van der Waals surface area contributed by atoms with Gasteiger partial charge in [-0.1, -0.05) is 45.7 Å². The first-order chi connectivity index (χ1) is 10.7. The van der Waals surface area contributed by atoms with Gasteiger partial charge in [0.15, 0.2) is 0 Å². The number of rotatable bonds is 4. The van der Waals surface area contributed by atoms with E-state index < -0.39 is 0 Å². The van der Waals surface area contributed by atoms with Crippen LogP contribution in [0.3, 0.4) is 0 Å². The van der Waals surface area contributed by atoms with E-state index >= 15 is 0 Å². The van der Waals surface area contributed by atoms with Gasteiger partial charge in [0.1, 0.15) is 11.6 Å². The zero-order chi connectivity index (χ0) is 15.5. The highest BCUT2D eigenvalue weighted by atomic mass is 79.9. The molecule has 112 valence electrons. The molecule has 1 heterocycles. The number of halogens is 2. The molecular formula is C17H14BrClN2O. The van der Waals surface area contributed by atoms with Crippen LogP contribution in [0, 0.1) is 0 Å². The van der Waals surface area contributed by atoms with Gasteiger partial charge >= 0.3 is 0 Å². The summed E-state index contributed by atoms with van der Waals surface area (Å²) in [6, 6.07) is 13.8. The second kappa shape index (κ2) is 6.55. The highest BCUT2D eigenvalue weighted by Gasteiger charge is 2.10. The first-order valence-electron chi connectivity index (χ1n) is 6.77. The van der Waals surface area contributed by atoms with Gasteiger partial charge in [-0.05, 0) is 24.3 Å². The van der Waals surface area contributed by atoms with Gasteiger partial charge in [0.25, 0.3) is 0 Å². The summed E-state index contributed by atoms with van der Waals surface area (Å²) < 4.78 is 8.43. The highest BCUT2D eigenvalue weighted by molar-refractivity contribution is 9.10. The Balaban J connectivity index is 1.99. The van der Waals surface area contributed by atoms with Gasteiger partial charge in [-0.15, -0.1) is 0 Å². The third-order valence-electron chi connectivity index (χ3n) is 3.37. The third kappa shape index (κ3) is 3.18.